The van der Waals surface area contributed by atoms with Gasteiger partial charge in [0, 0.05) is 12.5 Å². The van der Waals surface area contributed by atoms with Crippen molar-refractivity contribution in [3.63, 3.8) is 0 Å². The number of hydrogen-bond donors (Lipinski definition) is 1. The Morgan fingerprint density at radius 1 is 1.33 bits per heavy atom. The van der Waals surface area contributed by atoms with Gasteiger partial charge in [0.25, 0.3) is 0 Å². The number of carbonyl (C=O) groups excluding carboxylic acids is 1. The second-order valence-corrected chi connectivity index (χ2v) is 3.45. The van der Waals surface area contributed by atoms with Crippen LogP contribution in [0.2, 0.25) is 0 Å². The molecule has 0 unspecified atom stereocenters. The van der Waals surface area contributed by atoms with E-state index in [0.29, 0.717) is 11.4 Å². The van der Waals surface area contributed by atoms with Crippen LogP contribution in [0.4, 0.5) is 0 Å². The fourth-order valence-electron chi connectivity index (χ4n) is 1.47. The Bertz CT molecular complexity index is 502. The monoisotopic (exact) mass is 201 g/mol. The largest absolute Gasteiger partial charge is 0.293 e. The highest BCUT2D eigenvalue weighted by Crippen LogP contribution is 2.20. The third-order valence-corrected chi connectivity index (χ3v) is 2.17. The first-order valence-electron chi connectivity index (χ1n) is 4.67. The van der Waals surface area contributed by atoms with Crippen molar-refractivity contribution < 1.29 is 4.79 Å². The molecule has 1 heterocycles. The van der Waals surface area contributed by atoms with Crippen molar-refractivity contribution in [2.75, 3.05) is 0 Å². The van der Waals surface area contributed by atoms with Crippen molar-refractivity contribution >= 4 is 5.78 Å². The Hall–Kier alpha value is -1.97. The molecule has 0 amide bonds. The molecule has 1 aromatic heterocycles. The van der Waals surface area contributed by atoms with Gasteiger partial charge in [0.15, 0.2) is 11.5 Å². The number of carbonyl (C=O) groups is 1. The van der Waals surface area contributed by atoms with Crippen molar-refractivity contribution in [3.8, 4) is 11.3 Å². The number of hydrogen-bond acceptors (Lipinski definition) is 3. The van der Waals surface area contributed by atoms with Gasteiger partial charge in [0.05, 0.1) is 0 Å². The lowest BCUT2D eigenvalue weighted by molar-refractivity contribution is 0.101. The molecule has 1 N–H and O–H groups in total. The number of aromatic amines is 1. The zero-order valence-electron chi connectivity index (χ0n) is 8.61. The molecule has 0 atom stereocenters. The van der Waals surface area contributed by atoms with Gasteiger partial charge in [-0.05, 0) is 13.0 Å². The van der Waals surface area contributed by atoms with Gasteiger partial charge in [-0.2, -0.15) is 15.4 Å². The summed E-state index contributed by atoms with van der Waals surface area (Å²) in [6.07, 6.45) is 0. The first-order chi connectivity index (χ1) is 7.18. The van der Waals surface area contributed by atoms with Crippen LogP contribution in [0.5, 0.6) is 0 Å². The van der Waals surface area contributed by atoms with Gasteiger partial charge in [-0.3, -0.25) is 4.79 Å². The molecule has 0 aliphatic heterocycles. The average molecular weight is 201 g/mol. The number of Topliss-reactive ketones (excluding diaryl/α,β-unsaturated/α-hetero) is 1. The number of nitrogens with one attached hydrogen (secondary N) is 1. The van der Waals surface area contributed by atoms with Gasteiger partial charge in [0.2, 0.25) is 0 Å². The average Bonchev–Trinajstić information content (AvgIpc) is 2.65. The molecule has 0 bridgehead atoms. The van der Waals surface area contributed by atoms with Crippen LogP contribution in [0.15, 0.2) is 24.3 Å². The van der Waals surface area contributed by atoms with Gasteiger partial charge in [-0.25, -0.2) is 0 Å². The first-order valence-corrected chi connectivity index (χ1v) is 4.67. The lowest BCUT2D eigenvalue weighted by Crippen LogP contribution is -1.95. The van der Waals surface area contributed by atoms with E-state index in [9.17, 15) is 4.79 Å². The minimum atomic E-state index is -0.0831. The summed E-state index contributed by atoms with van der Waals surface area (Å²) in [7, 11) is 0. The van der Waals surface area contributed by atoms with Crippen molar-refractivity contribution in [1.29, 1.82) is 0 Å². The summed E-state index contributed by atoms with van der Waals surface area (Å²) < 4.78 is 0. The SMILES string of the molecule is CC(=O)c1n[nH]nc1-c1cccc(C)c1. The normalized spacial score (nSPS) is 10.3. The third-order valence-electron chi connectivity index (χ3n) is 2.17. The molecule has 0 spiro atoms. The van der Waals surface area contributed by atoms with E-state index in [1.807, 2.05) is 31.2 Å². The van der Waals surface area contributed by atoms with Crippen molar-refractivity contribution in [3.05, 3.63) is 35.5 Å². The van der Waals surface area contributed by atoms with Gasteiger partial charge in [-0.1, -0.05) is 23.8 Å². The van der Waals surface area contributed by atoms with E-state index < -0.39 is 0 Å². The highest BCUT2D eigenvalue weighted by molar-refractivity contribution is 5.97. The number of aromatic nitrogens is 3. The zero-order valence-corrected chi connectivity index (χ0v) is 8.61. The number of benzene rings is 1. The molecule has 1 aromatic carbocycles. The van der Waals surface area contributed by atoms with Gasteiger partial charge < -0.3 is 0 Å². The van der Waals surface area contributed by atoms with E-state index >= 15 is 0 Å². The maximum atomic E-state index is 11.3. The number of H-pyrrole nitrogens is 1. The first kappa shape index (κ1) is 9.58. The number of rotatable bonds is 2. The lowest BCUT2D eigenvalue weighted by atomic mass is 10.1. The second-order valence-electron chi connectivity index (χ2n) is 3.45. The Morgan fingerprint density at radius 3 is 2.80 bits per heavy atom. The van der Waals surface area contributed by atoms with E-state index in [1.165, 1.54) is 6.92 Å². The molecule has 0 saturated heterocycles. The lowest BCUT2D eigenvalue weighted by Gasteiger charge is -1.99. The number of nitrogens with zero attached hydrogens (tertiary/aromatic N) is 2. The molecule has 0 fully saturated rings. The fraction of sp³-hybridized carbons (Fsp3) is 0.182. The van der Waals surface area contributed by atoms with Crippen LogP contribution in [0.1, 0.15) is 23.0 Å². The Morgan fingerprint density at radius 2 is 2.13 bits per heavy atom. The van der Waals surface area contributed by atoms with Gasteiger partial charge in [-0.15, -0.1) is 0 Å². The van der Waals surface area contributed by atoms with E-state index in [2.05, 4.69) is 15.4 Å². The molecule has 0 aliphatic carbocycles. The van der Waals surface area contributed by atoms with Gasteiger partial charge in [0.1, 0.15) is 5.69 Å². The molecular formula is C11H11N3O. The Kier molecular flexibility index (Phi) is 2.33. The van der Waals surface area contributed by atoms with E-state index in [-0.39, 0.29) is 5.78 Å². The number of aryl methyl sites for hydroxylation is 1. The molecule has 2 aromatic rings. The summed E-state index contributed by atoms with van der Waals surface area (Å²) in [5.74, 6) is -0.0831. The highest BCUT2D eigenvalue weighted by Gasteiger charge is 2.13. The molecule has 4 nitrogen and oxygen atoms in total. The highest BCUT2D eigenvalue weighted by atomic mass is 16.1. The van der Waals surface area contributed by atoms with Crippen molar-refractivity contribution in [2.45, 2.75) is 13.8 Å². The van der Waals surface area contributed by atoms with Crippen LogP contribution in [-0.4, -0.2) is 21.2 Å². The van der Waals surface area contributed by atoms with Crippen molar-refractivity contribution in [2.24, 2.45) is 0 Å². The predicted molar refractivity (Wildman–Crippen MR) is 56.6 cm³/mol. The molecule has 0 radical (unpaired) electrons. The molecule has 4 heteroatoms. The topological polar surface area (TPSA) is 58.6 Å². The van der Waals surface area contributed by atoms with Gasteiger partial charge >= 0.3 is 0 Å². The number of ketones is 1. The summed E-state index contributed by atoms with van der Waals surface area (Å²) in [6.45, 7) is 3.48. The maximum Gasteiger partial charge on any atom is 0.182 e. The van der Waals surface area contributed by atoms with Crippen LogP contribution in [0.25, 0.3) is 11.3 Å². The standard InChI is InChI=1S/C11H11N3O/c1-7-4-3-5-9(6-7)11-10(8(2)15)12-14-13-11/h3-6H,1-2H3,(H,12,13,14). The van der Waals surface area contributed by atoms with Crippen molar-refractivity contribution in [1.82, 2.24) is 15.4 Å². The molecule has 15 heavy (non-hydrogen) atoms. The maximum absolute atomic E-state index is 11.3. The smallest absolute Gasteiger partial charge is 0.182 e. The summed E-state index contributed by atoms with van der Waals surface area (Å²) in [5.41, 5.74) is 3.05. The quantitative estimate of drug-likeness (QED) is 0.756. The summed E-state index contributed by atoms with van der Waals surface area (Å²) in [5, 5.41) is 10.3. The van der Waals surface area contributed by atoms with Crippen LogP contribution in [0, 0.1) is 6.92 Å². The molecule has 2 rings (SSSR count). The molecule has 76 valence electrons. The molecule has 0 aliphatic rings. The minimum absolute atomic E-state index is 0.0831. The minimum Gasteiger partial charge on any atom is -0.293 e. The van der Waals surface area contributed by atoms with E-state index in [1.54, 1.807) is 0 Å². The zero-order chi connectivity index (χ0) is 10.8. The van der Waals surface area contributed by atoms with Crippen LogP contribution < -0.4 is 0 Å². The Balaban J connectivity index is 2.54. The third kappa shape index (κ3) is 1.79. The fourth-order valence-corrected chi connectivity index (χ4v) is 1.47. The van der Waals surface area contributed by atoms with Crippen LogP contribution in [-0.2, 0) is 0 Å². The van der Waals surface area contributed by atoms with E-state index in [0.717, 1.165) is 11.1 Å². The summed E-state index contributed by atoms with van der Waals surface area (Å²) >= 11 is 0. The molecule has 0 saturated carbocycles. The summed E-state index contributed by atoms with van der Waals surface area (Å²) in [4.78, 5) is 11.3. The summed E-state index contributed by atoms with van der Waals surface area (Å²) in [6, 6.07) is 7.82. The van der Waals surface area contributed by atoms with Crippen LogP contribution >= 0.6 is 0 Å². The second kappa shape index (κ2) is 3.65. The molecular weight excluding hydrogens is 190 g/mol. The Labute approximate surface area is 87.3 Å². The van der Waals surface area contributed by atoms with E-state index in [4.69, 9.17) is 0 Å². The van der Waals surface area contributed by atoms with Crippen LogP contribution in [0.3, 0.4) is 0 Å². The predicted octanol–water partition coefficient (Wildman–Crippen LogP) is 1.98.